The molecule has 0 radical (unpaired) electrons. The number of halogens is 5. The van der Waals surface area contributed by atoms with E-state index in [4.69, 9.17) is 63.8 Å². The highest BCUT2D eigenvalue weighted by molar-refractivity contribution is 6.34. The fraction of sp³-hybridized carbons (Fsp3) is 0.274. The molecule has 9 aromatic heterocycles. The molecule has 0 spiro atoms. The Labute approximate surface area is 496 Å². The molecule has 9 heterocycles. The zero-order valence-corrected chi connectivity index (χ0v) is 49.0. The Morgan fingerprint density at radius 3 is 1.45 bits per heavy atom. The van der Waals surface area contributed by atoms with Crippen LogP contribution in [0.4, 0.5) is 8.78 Å². The average molecular weight is 1190 g/mol. The number of fused-ring (bicyclic) bond motifs is 9. The number of nitrogens with zero attached hydrogens (tertiary/aromatic N) is 12. The monoisotopic (exact) mass is 1190 g/mol. The van der Waals surface area contributed by atoms with Crippen molar-refractivity contribution in [1.29, 1.82) is 0 Å². The lowest BCUT2D eigenvalue weighted by molar-refractivity contribution is -0.0582. The Kier molecular flexibility index (Phi) is 16.8. The molecule has 1 N–H and O–H groups in total. The Hall–Kier alpha value is -8.20. The third kappa shape index (κ3) is 12.0. The van der Waals surface area contributed by atoms with Gasteiger partial charge in [0.05, 0.1) is 86.6 Å². The van der Waals surface area contributed by atoms with Gasteiger partial charge in [-0.25, -0.2) is 53.6 Å². The molecule has 84 heavy (non-hydrogen) atoms. The number of aromatic nitrogens is 12. The topological polar surface area (TPSA) is 186 Å². The van der Waals surface area contributed by atoms with Gasteiger partial charge in [-0.3, -0.25) is 13.2 Å². The molecular formula is C62H57Cl3F2N12O5. The molecular weight excluding hydrogens is 1140 g/mol. The van der Waals surface area contributed by atoms with Gasteiger partial charge in [-0.05, 0) is 138 Å². The SMILES string of the molecule is COCCCOc1ccc(Cl)c(-c2ncc3c(C)nc4ccc(C)nc4n23)c1.Cc1ccc2nc(C)c3cnc(-c4cc(OC5CCC(F)(F)CC5)ccc4Cl)n3c2n1.Cc1nc2cccnc2n2c(-c3cc(OCCO)ccc3Cl)ncc12. The number of ether oxygens (including phenoxy) is 4. The van der Waals surface area contributed by atoms with Gasteiger partial charge in [0.1, 0.15) is 57.9 Å². The number of aliphatic hydroxyl groups excluding tert-OH is 1. The lowest BCUT2D eigenvalue weighted by Crippen LogP contribution is -2.30. The Balaban J connectivity index is 0.000000132. The smallest absolute Gasteiger partial charge is 0.248 e. The molecule has 12 aromatic rings. The maximum Gasteiger partial charge on any atom is 0.248 e. The maximum atomic E-state index is 13.5. The second kappa shape index (κ2) is 24.6. The van der Waals surface area contributed by atoms with E-state index in [1.54, 1.807) is 50.0 Å². The molecule has 430 valence electrons. The number of imidazole rings is 3. The van der Waals surface area contributed by atoms with E-state index < -0.39 is 5.92 Å². The van der Waals surface area contributed by atoms with Crippen molar-refractivity contribution < 1.29 is 32.8 Å². The van der Waals surface area contributed by atoms with Crippen molar-refractivity contribution in [1.82, 2.24) is 58.1 Å². The zero-order valence-electron chi connectivity index (χ0n) is 46.7. The number of aliphatic hydroxyl groups is 1. The molecule has 0 bridgehead atoms. The van der Waals surface area contributed by atoms with Crippen molar-refractivity contribution in [2.45, 2.75) is 78.7 Å². The standard InChI is InChI=1S/C23H21ClF2N4O.C21H21ClN4O2.C18H15ClN4O2/c1-13-3-6-19-22(28-13)30-20(14(2)29-19)12-27-21(30)17-11-16(4-5-18(17)24)31-15-7-9-23(25,26)10-8-15;1-13-5-8-18-21(24-13)26-19(14(2)25-18)12-23-20(26)16-11-15(6-7-17(16)22)28-10-4-9-27-3;1-11-16-10-21-17(23(16)18-15(22-11)3-2-6-20-18)13-9-12(25-8-7-24)4-5-14(13)19/h3-6,11-12,15H,7-10H2,1-2H3;5-8,11-12H,4,9-10H2,1-3H3;2-6,9-10,24H,7-8H2,1H3. The lowest BCUT2D eigenvalue weighted by Gasteiger charge is -2.28. The summed E-state index contributed by atoms with van der Waals surface area (Å²) in [6.45, 7) is 11.1. The summed E-state index contributed by atoms with van der Waals surface area (Å²) in [5.74, 6) is 1.39. The van der Waals surface area contributed by atoms with Gasteiger partial charge < -0.3 is 24.1 Å². The fourth-order valence-corrected chi connectivity index (χ4v) is 10.7. The van der Waals surface area contributed by atoms with Gasteiger partial charge in [0.25, 0.3) is 0 Å². The van der Waals surface area contributed by atoms with Crippen molar-refractivity contribution in [2.24, 2.45) is 0 Å². The summed E-state index contributed by atoms with van der Waals surface area (Å²) in [7, 11) is 1.68. The second-order valence-electron chi connectivity index (χ2n) is 20.3. The third-order valence-corrected chi connectivity index (χ3v) is 15.3. The van der Waals surface area contributed by atoms with Gasteiger partial charge in [0, 0.05) is 67.3 Å². The first-order valence-electron chi connectivity index (χ1n) is 27.2. The summed E-state index contributed by atoms with van der Waals surface area (Å²) in [6.07, 6.45) is 8.01. The largest absolute Gasteiger partial charge is 0.493 e. The number of benzene rings is 3. The maximum absolute atomic E-state index is 13.5. The molecule has 1 aliphatic rings. The highest BCUT2D eigenvalue weighted by Gasteiger charge is 2.36. The molecule has 0 amide bonds. The minimum Gasteiger partial charge on any atom is -0.493 e. The molecule has 22 heteroatoms. The fourth-order valence-electron chi connectivity index (χ4n) is 10.1. The summed E-state index contributed by atoms with van der Waals surface area (Å²) >= 11 is 19.5. The van der Waals surface area contributed by atoms with Gasteiger partial charge >= 0.3 is 0 Å². The van der Waals surface area contributed by atoms with Gasteiger partial charge in [-0.2, -0.15) is 0 Å². The van der Waals surface area contributed by atoms with E-state index in [9.17, 15) is 8.78 Å². The summed E-state index contributed by atoms with van der Waals surface area (Å²) in [5, 5.41) is 10.6. The molecule has 0 unspecified atom stereocenters. The quantitative estimate of drug-likeness (QED) is 0.107. The first kappa shape index (κ1) is 57.6. The molecule has 0 saturated heterocycles. The van der Waals surface area contributed by atoms with Crippen LogP contribution in [-0.2, 0) is 4.74 Å². The van der Waals surface area contributed by atoms with Crippen LogP contribution < -0.4 is 14.2 Å². The van der Waals surface area contributed by atoms with Crippen LogP contribution in [0.1, 0.15) is 60.6 Å². The summed E-state index contributed by atoms with van der Waals surface area (Å²) < 4.78 is 55.3. The lowest BCUT2D eigenvalue weighted by atomic mass is 9.94. The van der Waals surface area contributed by atoms with Crippen LogP contribution in [0.15, 0.2) is 116 Å². The van der Waals surface area contributed by atoms with Crippen molar-refractivity contribution >= 4 is 84.8 Å². The van der Waals surface area contributed by atoms with Gasteiger partial charge in [0.2, 0.25) is 5.92 Å². The van der Waals surface area contributed by atoms with Gasteiger partial charge in [0.15, 0.2) is 16.9 Å². The molecule has 0 aliphatic heterocycles. The minimum atomic E-state index is -2.59. The van der Waals surface area contributed by atoms with Gasteiger partial charge in [-0.1, -0.05) is 34.8 Å². The molecule has 1 fully saturated rings. The molecule has 1 aliphatic carbocycles. The number of hydrogen-bond acceptors (Lipinski definition) is 14. The van der Waals surface area contributed by atoms with Crippen LogP contribution in [0.2, 0.25) is 15.1 Å². The normalized spacial score (nSPS) is 13.4. The number of aryl methyl sites for hydroxylation is 5. The van der Waals surface area contributed by atoms with Gasteiger partial charge in [-0.15, -0.1) is 0 Å². The first-order valence-corrected chi connectivity index (χ1v) is 28.3. The van der Waals surface area contributed by atoms with E-state index >= 15 is 0 Å². The number of hydrogen-bond donors (Lipinski definition) is 1. The van der Waals surface area contributed by atoms with E-state index in [1.807, 2.05) is 121 Å². The van der Waals surface area contributed by atoms with E-state index in [0.717, 1.165) is 96.3 Å². The number of pyridine rings is 3. The highest BCUT2D eigenvalue weighted by atomic mass is 35.5. The van der Waals surface area contributed by atoms with Crippen LogP contribution >= 0.6 is 34.8 Å². The highest BCUT2D eigenvalue weighted by Crippen LogP contribution is 2.39. The van der Waals surface area contributed by atoms with E-state index in [2.05, 4.69) is 39.9 Å². The van der Waals surface area contributed by atoms with E-state index in [1.165, 1.54) is 0 Å². The average Bonchev–Trinajstić information content (AvgIpc) is 3.78. The van der Waals surface area contributed by atoms with Crippen molar-refractivity contribution in [3.63, 3.8) is 0 Å². The number of methoxy groups -OCH3 is 1. The summed E-state index contributed by atoms with van der Waals surface area (Å²) in [4.78, 5) is 41.5. The van der Waals surface area contributed by atoms with Crippen molar-refractivity contribution in [2.75, 3.05) is 33.5 Å². The molecule has 1 saturated carbocycles. The second-order valence-corrected chi connectivity index (χ2v) is 21.5. The number of alkyl halides is 2. The van der Waals surface area contributed by atoms with Crippen LogP contribution in [0.3, 0.4) is 0 Å². The summed E-state index contributed by atoms with van der Waals surface area (Å²) in [5.41, 5.74) is 13.8. The molecule has 3 aromatic carbocycles. The zero-order chi connectivity index (χ0) is 58.8. The molecule has 0 atom stereocenters. The van der Waals surface area contributed by atoms with Crippen LogP contribution in [0.5, 0.6) is 17.2 Å². The van der Waals surface area contributed by atoms with Crippen molar-refractivity contribution in [3.8, 4) is 51.4 Å². The Bertz CT molecular complexity index is 4410. The predicted molar refractivity (Wildman–Crippen MR) is 322 cm³/mol. The Morgan fingerprint density at radius 1 is 0.536 bits per heavy atom. The van der Waals surface area contributed by atoms with E-state index in [-0.39, 0.29) is 32.2 Å². The third-order valence-electron chi connectivity index (χ3n) is 14.3. The summed E-state index contributed by atoms with van der Waals surface area (Å²) in [6, 6.07) is 27.9. The van der Waals surface area contributed by atoms with Crippen LogP contribution in [0, 0.1) is 34.6 Å². The van der Waals surface area contributed by atoms with Crippen LogP contribution in [-0.4, -0.2) is 109 Å². The molecule has 13 rings (SSSR count). The van der Waals surface area contributed by atoms with Crippen molar-refractivity contribution in [3.05, 3.63) is 159 Å². The molecule has 17 nitrogen and oxygen atoms in total. The van der Waals surface area contributed by atoms with E-state index in [0.29, 0.717) is 81.1 Å². The number of rotatable bonds is 13. The van der Waals surface area contributed by atoms with Crippen LogP contribution in [0.25, 0.3) is 84.2 Å². The minimum absolute atomic E-state index is 0.0519. The predicted octanol–water partition coefficient (Wildman–Crippen LogP) is 14.1. The Morgan fingerprint density at radius 2 is 0.976 bits per heavy atom. The first-order chi connectivity index (χ1) is 40.6.